The topological polar surface area (TPSA) is 58.6 Å². The highest BCUT2D eigenvalue weighted by atomic mass is 16.5. The molecule has 1 amide bonds. The van der Waals surface area contributed by atoms with Crippen molar-refractivity contribution >= 4 is 5.91 Å². The number of amides is 1. The Morgan fingerprint density at radius 3 is 2.90 bits per heavy atom. The Bertz CT molecular complexity index is 515. The van der Waals surface area contributed by atoms with E-state index in [0.717, 1.165) is 18.4 Å². The molecule has 0 heterocycles. The van der Waals surface area contributed by atoms with Crippen LogP contribution in [-0.2, 0) is 4.74 Å². The number of hydrogen-bond donors (Lipinski definition) is 2. The summed E-state index contributed by atoms with van der Waals surface area (Å²) in [5.41, 5.74) is 2.34. The van der Waals surface area contributed by atoms with Crippen molar-refractivity contribution in [2.45, 2.75) is 26.2 Å². The quantitative estimate of drug-likeness (QED) is 0.595. The first-order valence-electron chi connectivity index (χ1n) is 7.16. The Labute approximate surface area is 126 Å². The molecule has 0 saturated carbocycles. The predicted molar refractivity (Wildman–Crippen MR) is 83.2 cm³/mol. The molecule has 0 aliphatic heterocycles. The number of methoxy groups -OCH3 is 1. The number of carbonyl (C=O) groups is 1. The monoisotopic (exact) mass is 289 g/mol. The molecule has 0 aromatic heterocycles. The van der Waals surface area contributed by atoms with E-state index in [2.05, 4.69) is 17.2 Å². The van der Waals surface area contributed by atoms with Crippen LogP contribution in [0.4, 0.5) is 0 Å². The zero-order valence-corrected chi connectivity index (χ0v) is 12.7. The third-order valence-electron chi connectivity index (χ3n) is 2.94. The molecule has 1 aromatic rings. The van der Waals surface area contributed by atoms with Crippen LogP contribution in [0.3, 0.4) is 0 Å². The number of carbonyl (C=O) groups excluding carboxylic acids is 1. The van der Waals surface area contributed by atoms with Gasteiger partial charge in [0.25, 0.3) is 5.91 Å². The first-order valence-corrected chi connectivity index (χ1v) is 7.16. The van der Waals surface area contributed by atoms with Gasteiger partial charge in [0.15, 0.2) is 0 Å². The maximum Gasteiger partial charge on any atom is 0.252 e. The van der Waals surface area contributed by atoms with Gasteiger partial charge in [-0.15, -0.1) is 0 Å². The van der Waals surface area contributed by atoms with Crippen LogP contribution in [0, 0.1) is 18.8 Å². The number of rotatable bonds is 7. The van der Waals surface area contributed by atoms with E-state index in [1.54, 1.807) is 13.2 Å². The van der Waals surface area contributed by atoms with E-state index in [4.69, 9.17) is 9.84 Å². The largest absolute Gasteiger partial charge is 0.395 e. The Morgan fingerprint density at radius 1 is 1.38 bits per heavy atom. The fourth-order valence-corrected chi connectivity index (χ4v) is 1.84. The summed E-state index contributed by atoms with van der Waals surface area (Å²) in [7, 11) is 1.67. The van der Waals surface area contributed by atoms with Gasteiger partial charge in [0.05, 0.1) is 12.2 Å². The molecule has 0 atom stereocenters. The van der Waals surface area contributed by atoms with Crippen LogP contribution in [0.15, 0.2) is 18.2 Å². The molecule has 1 aromatic carbocycles. The highest BCUT2D eigenvalue weighted by molar-refractivity contribution is 5.96. The van der Waals surface area contributed by atoms with E-state index in [1.165, 1.54) is 0 Å². The van der Waals surface area contributed by atoms with Crippen molar-refractivity contribution in [1.82, 2.24) is 5.32 Å². The van der Waals surface area contributed by atoms with Crippen LogP contribution in [0.25, 0.3) is 0 Å². The van der Waals surface area contributed by atoms with E-state index < -0.39 is 0 Å². The summed E-state index contributed by atoms with van der Waals surface area (Å²) in [4.78, 5) is 12.2. The summed E-state index contributed by atoms with van der Waals surface area (Å²) in [5.74, 6) is 5.71. The van der Waals surface area contributed by atoms with Crippen molar-refractivity contribution in [1.29, 1.82) is 0 Å². The van der Waals surface area contributed by atoms with Gasteiger partial charge in [0, 0.05) is 32.2 Å². The van der Waals surface area contributed by atoms with Crippen molar-refractivity contribution < 1.29 is 14.6 Å². The lowest BCUT2D eigenvalue weighted by molar-refractivity contribution is 0.0951. The molecule has 0 aliphatic carbocycles. The lowest BCUT2D eigenvalue weighted by atomic mass is 10.0. The molecular weight excluding hydrogens is 266 g/mol. The summed E-state index contributed by atoms with van der Waals surface area (Å²) >= 11 is 0. The highest BCUT2D eigenvalue weighted by Crippen LogP contribution is 2.11. The average Bonchev–Trinajstić information content (AvgIpc) is 2.47. The van der Waals surface area contributed by atoms with Gasteiger partial charge in [0.1, 0.15) is 0 Å². The smallest absolute Gasteiger partial charge is 0.252 e. The first kappa shape index (κ1) is 17.2. The molecule has 4 nitrogen and oxygen atoms in total. The Hall–Kier alpha value is -1.83. The maximum atomic E-state index is 12.2. The number of aliphatic hydroxyl groups excluding tert-OH is 1. The van der Waals surface area contributed by atoms with Crippen LogP contribution in [0.5, 0.6) is 0 Å². The SMILES string of the molecule is COCCCCNC(=O)c1ccc(C)cc1C#CCCO. The van der Waals surface area contributed by atoms with Crippen LogP contribution >= 0.6 is 0 Å². The van der Waals surface area contributed by atoms with Gasteiger partial charge in [-0.3, -0.25) is 4.79 Å². The number of nitrogens with one attached hydrogen (secondary N) is 1. The van der Waals surface area contributed by atoms with Gasteiger partial charge in [0.2, 0.25) is 0 Å². The van der Waals surface area contributed by atoms with Gasteiger partial charge >= 0.3 is 0 Å². The van der Waals surface area contributed by atoms with Crippen molar-refractivity contribution in [2.24, 2.45) is 0 Å². The van der Waals surface area contributed by atoms with E-state index in [9.17, 15) is 4.79 Å². The molecule has 2 N–H and O–H groups in total. The van der Waals surface area contributed by atoms with E-state index in [0.29, 0.717) is 30.7 Å². The minimum absolute atomic E-state index is 0.0276. The fraction of sp³-hybridized carbons (Fsp3) is 0.471. The number of unbranched alkanes of at least 4 members (excludes halogenated alkanes) is 1. The van der Waals surface area contributed by atoms with Gasteiger partial charge in [-0.2, -0.15) is 0 Å². The molecule has 0 saturated heterocycles. The summed E-state index contributed by atoms with van der Waals surface area (Å²) in [5, 5.41) is 11.7. The van der Waals surface area contributed by atoms with Crippen LogP contribution in [0.2, 0.25) is 0 Å². The molecule has 1 rings (SSSR count). The van der Waals surface area contributed by atoms with Gasteiger partial charge in [-0.05, 0) is 37.5 Å². The van der Waals surface area contributed by atoms with Crippen molar-refractivity contribution in [2.75, 3.05) is 26.9 Å². The molecule has 0 fully saturated rings. The van der Waals surface area contributed by atoms with Crippen molar-refractivity contribution in [3.05, 3.63) is 34.9 Å². The normalized spacial score (nSPS) is 9.86. The van der Waals surface area contributed by atoms with Gasteiger partial charge in [-0.25, -0.2) is 0 Å². The predicted octanol–water partition coefficient (Wildman–Crippen LogP) is 1.89. The second-order valence-electron chi connectivity index (χ2n) is 4.78. The molecule has 0 aliphatic rings. The molecule has 0 spiro atoms. The third-order valence-corrected chi connectivity index (χ3v) is 2.94. The molecule has 4 heteroatoms. The third kappa shape index (κ3) is 6.44. The molecule has 21 heavy (non-hydrogen) atoms. The zero-order chi connectivity index (χ0) is 15.5. The second kappa shape index (κ2) is 9.98. The molecular formula is C17H23NO3. The van der Waals surface area contributed by atoms with Crippen molar-refractivity contribution in [3.8, 4) is 11.8 Å². The number of benzene rings is 1. The van der Waals surface area contributed by atoms with E-state index >= 15 is 0 Å². The van der Waals surface area contributed by atoms with Crippen LogP contribution in [-0.4, -0.2) is 37.9 Å². The maximum absolute atomic E-state index is 12.2. The van der Waals surface area contributed by atoms with Crippen LogP contribution in [0.1, 0.15) is 40.7 Å². The summed E-state index contributed by atoms with van der Waals surface area (Å²) in [6, 6.07) is 5.59. The first-order chi connectivity index (χ1) is 10.2. The minimum Gasteiger partial charge on any atom is -0.395 e. The summed E-state index contributed by atoms with van der Waals surface area (Å²) in [6.45, 7) is 3.32. The molecule has 114 valence electrons. The second-order valence-corrected chi connectivity index (χ2v) is 4.78. The Balaban J connectivity index is 2.68. The summed E-state index contributed by atoms with van der Waals surface area (Å²) < 4.78 is 4.97. The average molecular weight is 289 g/mol. The number of hydrogen-bond acceptors (Lipinski definition) is 3. The highest BCUT2D eigenvalue weighted by Gasteiger charge is 2.09. The number of aliphatic hydroxyl groups is 1. The molecule has 0 bridgehead atoms. The Kier molecular flexibility index (Phi) is 8.18. The van der Waals surface area contributed by atoms with Crippen LogP contribution < -0.4 is 5.32 Å². The van der Waals surface area contributed by atoms with Gasteiger partial charge < -0.3 is 15.2 Å². The Morgan fingerprint density at radius 2 is 2.19 bits per heavy atom. The summed E-state index contributed by atoms with van der Waals surface area (Å²) in [6.07, 6.45) is 2.22. The van der Waals surface area contributed by atoms with E-state index in [-0.39, 0.29) is 12.5 Å². The standard InChI is InChI=1S/C17H23NO3/c1-14-8-9-16(15(13-14)7-3-5-11-19)17(20)18-10-4-6-12-21-2/h8-9,13,19H,4-6,10-12H2,1-2H3,(H,18,20). The van der Waals surface area contributed by atoms with Crippen molar-refractivity contribution in [3.63, 3.8) is 0 Å². The number of ether oxygens (including phenoxy) is 1. The lowest BCUT2D eigenvalue weighted by Gasteiger charge is -2.08. The fourth-order valence-electron chi connectivity index (χ4n) is 1.84. The minimum atomic E-state index is -0.110. The van der Waals surface area contributed by atoms with E-state index in [1.807, 2.05) is 19.1 Å². The number of aryl methyl sites for hydroxylation is 1. The molecule has 0 unspecified atom stereocenters. The van der Waals surface area contributed by atoms with Gasteiger partial charge in [-0.1, -0.05) is 17.9 Å². The lowest BCUT2D eigenvalue weighted by Crippen LogP contribution is -2.25. The zero-order valence-electron chi connectivity index (χ0n) is 12.7. The molecule has 0 radical (unpaired) electrons.